The lowest BCUT2D eigenvalue weighted by Crippen LogP contribution is -2.51. The summed E-state index contributed by atoms with van der Waals surface area (Å²) in [5.74, 6) is -0.406. The predicted molar refractivity (Wildman–Crippen MR) is 77.8 cm³/mol. The van der Waals surface area contributed by atoms with Gasteiger partial charge in [0.2, 0.25) is 11.8 Å². The summed E-state index contributed by atoms with van der Waals surface area (Å²) in [6.45, 7) is 1.17. The van der Waals surface area contributed by atoms with E-state index in [9.17, 15) is 9.59 Å². The fourth-order valence-corrected chi connectivity index (χ4v) is 3.41. The molecule has 106 valence electrons. The van der Waals surface area contributed by atoms with Crippen LogP contribution in [0.4, 0.5) is 0 Å². The Balaban J connectivity index is 1.84. The minimum Gasteiger partial charge on any atom is -0.326 e. The normalized spacial score (nSPS) is 26.5. The van der Waals surface area contributed by atoms with E-state index in [0.29, 0.717) is 25.9 Å². The molecular formula is C14H17N3O2S. The van der Waals surface area contributed by atoms with E-state index in [-0.39, 0.29) is 23.2 Å². The number of amides is 2. The van der Waals surface area contributed by atoms with Crippen LogP contribution in [0.25, 0.3) is 0 Å². The van der Waals surface area contributed by atoms with Gasteiger partial charge < -0.3 is 5.73 Å². The minimum atomic E-state index is -0.288. The monoisotopic (exact) mass is 291 g/mol. The molecule has 0 saturated carbocycles. The Labute approximate surface area is 122 Å². The highest BCUT2D eigenvalue weighted by molar-refractivity contribution is 7.80. The molecule has 2 atom stereocenters. The average Bonchev–Trinajstić information content (AvgIpc) is 2.75. The maximum atomic E-state index is 12.0. The van der Waals surface area contributed by atoms with Crippen LogP contribution in [0.15, 0.2) is 18.2 Å². The number of nitrogens with one attached hydrogen (secondary N) is 1. The van der Waals surface area contributed by atoms with Crippen LogP contribution >= 0.6 is 12.6 Å². The van der Waals surface area contributed by atoms with Crippen LogP contribution < -0.4 is 11.1 Å². The first-order valence-corrected chi connectivity index (χ1v) is 7.21. The number of carbonyl (C=O) groups excluding carboxylic acids is 2. The average molecular weight is 291 g/mol. The van der Waals surface area contributed by atoms with Crippen molar-refractivity contribution >= 4 is 24.4 Å². The van der Waals surface area contributed by atoms with Crippen molar-refractivity contribution in [3.8, 4) is 0 Å². The summed E-state index contributed by atoms with van der Waals surface area (Å²) in [5.41, 5.74) is 9.02. The van der Waals surface area contributed by atoms with Crippen molar-refractivity contribution in [2.45, 2.75) is 37.3 Å². The zero-order chi connectivity index (χ0) is 14.3. The number of fused-ring (bicyclic) bond motifs is 1. The third kappa shape index (κ3) is 2.24. The highest BCUT2D eigenvalue weighted by Gasteiger charge is 2.38. The summed E-state index contributed by atoms with van der Waals surface area (Å²) in [6.07, 6.45) is 0.942. The van der Waals surface area contributed by atoms with E-state index in [2.05, 4.69) is 24.0 Å². The fourth-order valence-electron chi connectivity index (χ4n) is 2.92. The highest BCUT2D eigenvalue weighted by Crippen LogP contribution is 2.39. The summed E-state index contributed by atoms with van der Waals surface area (Å²) in [6, 6.07) is 5.81. The fraction of sp³-hybridized carbons (Fsp3) is 0.429. The van der Waals surface area contributed by atoms with Crippen molar-refractivity contribution in [2.75, 3.05) is 0 Å². The number of piperidine rings is 1. The molecule has 1 saturated heterocycles. The molecule has 0 aliphatic carbocycles. The summed E-state index contributed by atoms with van der Waals surface area (Å²) in [7, 11) is 0. The Bertz CT molecular complexity index is 576. The van der Waals surface area contributed by atoms with Crippen LogP contribution in [0.3, 0.4) is 0 Å². The Morgan fingerprint density at radius 1 is 1.40 bits per heavy atom. The molecule has 6 heteroatoms. The summed E-state index contributed by atoms with van der Waals surface area (Å²) < 4.78 is 0. The second kappa shape index (κ2) is 5.20. The first kappa shape index (κ1) is 13.6. The van der Waals surface area contributed by atoms with Gasteiger partial charge in [-0.05, 0) is 23.1 Å². The molecule has 1 fully saturated rings. The molecule has 20 heavy (non-hydrogen) atoms. The molecule has 2 heterocycles. The summed E-state index contributed by atoms with van der Waals surface area (Å²) in [4.78, 5) is 25.3. The predicted octanol–water partition coefficient (Wildman–Crippen LogP) is 0.694. The first-order valence-electron chi connectivity index (χ1n) is 6.69. The van der Waals surface area contributed by atoms with Gasteiger partial charge in [-0.1, -0.05) is 18.2 Å². The largest absolute Gasteiger partial charge is 0.326 e. The van der Waals surface area contributed by atoms with Crippen molar-refractivity contribution in [2.24, 2.45) is 5.73 Å². The molecule has 1 aromatic carbocycles. The SMILES string of the molecule is NCc1ccc2c(c1)CN(C1CCC(=O)NC1=O)C2S. The van der Waals surface area contributed by atoms with Crippen LogP contribution in [0.1, 0.15) is 34.9 Å². The number of nitrogens with two attached hydrogens (primary N) is 1. The number of benzene rings is 1. The van der Waals surface area contributed by atoms with Crippen LogP contribution in [0.2, 0.25) is 0 Å². The Morgan fingerprint density at radius 2 is 2.20 bits per heavy atom. The number of nitrogens with zero attached hydrogens (tertiary/aromatic N) is 1. The third-order valence-electron chi connectivity index (χ3n) is 4.00. The van der Waals surface area contributed by atoms with Gasteiger partial charge in [0.25, 0.3) is 0 Å². The molecule has 2 aliphatic heterocycles. The number of rotatable bonds is 2. The number of carbonyl (C=O) groups is 2. The lowest BCUT2D eigenvalue weighted by molar-refractivity contribution is -0.137. The van der Waals surface area contributed by atoms with E-state index in [1.165, 1.54) is 0 Å². The van der Waals surface area contributed by atoms with Crippen LogP contribution in [0.5, 0.6) is 0 Å². The zero-order valence-electron chi connectivity index (χ0n) is 11.0. The van der Waals surface area contributed by atoms with E-state index < -0.39 is 0 Å². The molecule has 0 radical (unpaired) electrons. The molecule has 2 aliphatic rings. The molecule has 1 aromatic rings. The maximum absolute atomic E-state index is 12.0. The topological polar surface area (TPSA) is 75.4 Å². The number of imide groups is 1. The number of hydrogen-bond acceptors (Lipinski definition) is 5. The molecule has 0 bridgehead atoms. The molecular weight excluding hydrogens is 274 g/mol. The van der Waals surface area contributed by atoms with Crippen molar-refractivity contribution in [1.82, 2.24) is 10.2 Å². The molecule has 3 N–H and O–H groups in total. The van der Waals surface area contributed by atoms with E-state index in [4.69, 9.17) is 5.73 Å². The van der Waals surface area contributed by atoms with Gasteiger partial charge in [-0.25, -0.2) is 0 Å². The van der Waals surface area contributed by atoms with Gasteiger partial charge in [-0.3, -0.25) is 19.8 Å². The van der Waals surface area contributed by atoms with Crippen molar-refractivity contribution < 1.29 is 9.59 Å². The maximum Gasteiger partial charge on any atom is 0.243 e. The second-order valence-electron chi connectivity index (χ2n) is 5.25. The summed E-state index contributed by atoms with van der Waals surface area (Å²) in [5, 5.41) is 2.29. The Kier molecular flexibility index (Phi) is 3.54. The van der Waals surface area contributed by atoms with Gasteiger partial charge in [-0.15, -0.1) is 0 Å². The van der Waals surface area contributed by atoms with Gasteiger partial charge in [0.05, 0.1) is 11.4 Å². The van der Waals surface area contributed by atoms with Crippen LogP contribution in [-0.2, 0) is 22.7 Å². The van der Waals surface area contributed by atoms with Crippen molar-refractivity contribution in [3.05, 3.63) is 34.9 Å². The van der Waals surface area contributed by atoms with Gasteiger partial charge in [0, 0.05) is 19.5 Å². The summed E-state index contributed by atoms with van der Waals surface area (Å²) >= 11 is 4.63. The second-order valence-corrected chi connectivity index (χ2v) is 5.74. The van der Waals surface area contributed by atoms with Gasteiger partial charge >= 0.3 is 0 Å². The zero-order valence-corrected chi connectivity index (χ0v) is 11.9. The quantitative estimate of drug-likeness (QED) is 0.554. The minimum absolute atomic E-state index is 0.110. The molecule has 3 rings (SSSR count). The van der Waals surface area contributed by atoms with Gasteiger partial charge in [-0.2, -0.15) is 12.6 Å². The van der Waals surface area contributed by atoms with Crippen molar-refractivity contribution in [3.63, 3.8) is 0 Å². The van der Waals surface area contributed by atoms with E-state index in [1.54, 1.807) is 0 Å². The van der Waals surface area contributed by atoms with E-state index in [1.807, 2.05) is 17.0 Å². The van der Waals surface area contributed by atoms with E-state index in [0.717, 1.165) is 16.7 Å². The first-order chi connectivity index (χ1) is 9.60. The van der Waals surface area contributed by atoms with E-state index >= 15 is 0 Å². The number of hydrogen-bond donors (Lipinski definition) is 3. The molecule has 0 aromatic heterocycles. The Hall–Kier alpha value is -1.37. The standard InChI is InChI=1S/C14H17N3O2S/c15-6-8-1-2-10-9(5-8)7-17(14(10)20)11-3-4-12(18)16-13(11)19/h1-2,5,11,14,20H,3-4,6-7,15H2,(H,16,18,19). The smallest absolute Gasteiger partial charge is 0.243 e. The van der Waals surface area contributed by atoms with Gasteiger partial charge in [0.1, 0.15) is 0 Å². The lowest BCUT2D eigenvalue weighted by atomic mass is 10.0. The molecule has 2 unspecified atom stereocenters. The molecule has 5 nitrogen and oxygen atoms in total. The molecule has 0 spiro atoms. The van der Waals surface area contributed by atoms with Crippen LogP contribution in [-0.4, -0.2) is 22.8 Å². The molecule has 2 amide bonds. The highest BCUT2D eigenvalue weighted by atomic mass is 32.1. The third-order valence-corrected chi connectivity index (χ3v) is 4.57. The van der Waals surface area contributed by atoms with Crippen molar-refractivity contribution in [1.29, 1.82) is 0 Å². The lowest BCUT2D eigenvalue weighted by Gasteiger charge is -2.32. The number of thiol groups is 1. The Morgan fingerprint density at radius 3 is 2.90 bits per heavy atom. The van der Waals surface area contributed by atoms with Gasteiger partial charge in [0.15, 0.2) is 0 Å². The van der Waals surface area contributed by atoms with Crippen LogP contribution in [0, 0.1) is 0 Å².